The molecule has 5 rings (SSSR count). The van der Waals surface area contributed by atoms with E-state index in [0.717, 1.165) is 5.56 Å². The van der Waals surface area contributed by atoms with E-state index in [1.54, 1.807) is 24.3 Å². The Morgan fingerprint density at radius 1 is 1.00 bits per heavy atom. The van der Waals surface area contributed by atoms with Gasteiger partial charge >= 0.3 is 5.97 Å². The predicted molar refractivity (Wildman–Crippen MR) is 135 cm³/mol. The molecule has 34 heavy (non-hydrogen) atoms. The van der Waals surface area contributed by atoms with E-state index in [2.05, 4.69) is 29.9 Å². The Kier molecular flexibility index (Phi) is 8.58. The number of benzene rings is 3. The predicted octanol–water partition coefficient (Wildman–Crippen LogP) is 6.31. The maximum absolute atomic E-state index is 11.1. The van der Waals surface area contributed by atoms with Crippen LogP contribution in [0.25, 0.3) is 11.1 Å². The summed E-state index contributed by atoms with van der Waals surface area (Å²) in [7, 11) is 1.37. The molecule has 1 atom stereocenters. The van der Waals surface area contributed by atoms with Crippen molar-refractivity contribution in [3.8, 4) is 28.4 Å². The molecule has 0 saturated carbocycles. The molecule has 2 N–H and O–H groups in total. The number of carbonyl (C=O) groups is 1. The maximum atomic E-state index is 11.1. The number of fused-ring (bicyclic) bond motifs is 2. The van der Waals surface area contributed by atoms with Crippen LogP contribution in [0.15, 0.2) is 54.6 Å². The smallest absolute Gasteiger partial charge is 0.306 e. The third-order valence-electron chi connectivity index (χ3n) is 6.17. The summed E-state index contributed by atoms with van der Waals surface area (Å²) in [6, 6.07) is 17.1. The van der Waals surface area contributed by atoms with E-state index in [9.17, 15) is 15.0 Å². The van der Waals surface area contributed by atoms with E-state index >= 15 is 0 Å². The van der Waals surface area contributed by atoms with E-state index in [4.69, 9.17) is 4.74 Å². The number of aromatic hydroxyl groups is 2. The molecule has 3 aromatic carbocycles. The van der Waals surface area contributed by atoms with Crippen molar-refractivity contribution >= 4 is 5.97 Å². The monoisotopic (exact) mass is 462 g/mol. The molecule has 3 aromatic rings. The van der Waals surface area contributed by atoms with Crippen molar-refractivity contribution in [2.45, 2.75) is 52.4 Å². The molecule has 2 aliphatic rings. The second-order valence-corrected chi connectivity index (χ2v) is 8.31. The highest BCUT2D eigenvalue weighted by Gasteiger charge is 2.26. The molecule has 5 heteroatoms. The second-order valence-electron chi connectivity index (χ2n) is 8.31. The molecule has 0 radical (unpaired) electrons. The van der Waals surface area contributed by atoms with E-state index < -0.39 is 0 Å². The van der Waals surface area contributed by atoms with Crippen LogP contribution in [0.3, 0.4) is 0 Å². The molecule has 0 amide bonds. The number of methoxy groups -OCH3 is 1. The van der Waals surface area contributed by atoms with Crippen LogP contribution in [0, 0.1) is 6.92 Å². The summed E-state index contributed by atoms with van der Waals surface area (Å²) in [5.41, 5.74) is 7.60. The molecule has 0 bridgehead atoms. The number of phenolic OH excluding ortho intramolecular Hbond substituents is 2. The molecular weight excluding hydrogens is 428 g/mol. The minimum absolute atomic E-state index is 0.0352. The zero-order valence-electron chi connectivity index (χ0n) is 20.4. The Hall–Kier alpha value is -3.47. The van der Waals surface area contributed by atoms with Gasteiger partial charge in [0.05, 0.1) is 20.1 Å². The van der Waals surface area contributed by atoms with Crippen LogP contribution >= 0.6 is 0 Å². The van der Waals surface area contributed by atoms with Crippen molar-refractivity contribution < 1.29 is 24.5 Å². The first-order valence-electron chi connectivity index (χ1n) is 11.9. The van der Waals surface area contributed by atoms with Crippen molar-refractivity contribution in [1.29, 1.82) is 0 Å². The molecule has 180 valence electrons. The quantitative estimate of drug-likeness (QED) is 0.446. The molecule has 5 nitrogen and oxygen atoms in total. The molecule has 1 aliphatic carbocycles. The molecule has 0 spiro atoms. The summed E-state index contributed by atoms with van der Waals surface area (Å²) in [4.78, 5) is 11.1. The van der Waals surface area contributed by atoms with Gasteiger partial charge in [-0.05, 0) is 72.2 Å². The van der Waals surface area contributed by atoms with Crippen LogP contribution in [0.2, 0.25) is 0 Å². The van der Waals surface area contributed by atoms with Gasteiger partial charge < -0.3 is 19.7 Å². The molecular formula is C29H34O5. The van der Waals surface area contributed by atoms with E-state index in [1.165, 1.54) is 54.2 Å². The van der Waals surface area contributed by atoms with Crippen molar-refractivity contribution in [1.82, 2.24) is 0 Å². The maximum Gasteiger partial charge on any atom is 0.306 e. The zero-order chi connectivity index (χ0) is 24.7. The van der Waals surface area contributed by atoms with Crippen LogP contribution in [0.1, 0.15) is 54.9 Å². The third kappa shape index (κ3) is 5.71. The number of phenols is 2. The summed E-state index contributed by atoms with van der Waals surface area (Å²) >= 11 is 0. The number of rotatable bonds is 3. The number of ether oxygens (including phenoxy) is 2. The first kappa shape index (κ1) is 25.2. The van der Waals surface area contributed by atoms with Gasteiger partial charge in [-0.15, -0.1) is 0 Å². The summed E-state index contributed by atoms with van der Waals surface area (Å²) in [6.07, 6.45) is 3.93. The number of hydrogen-bond acceptors (Lipinski definition) is 5. The highest BCUT2D eigenvalue weighted by Crippen LogP contribution is 2.38. The van der Waals surface area contributed by atoms with Crippen LogP contribution in [-0.4, -0.2) is 29.9 Å². The lowest BCUT2D eigenvalue weighted by Gasteiger charge is -2.11. The summed E-state index contributed by atoms with van der Waals surface area (Å²) < 4.78 is 9.98. The Balaban J connectivity index is 0.000000179. The van der Waals surface area contributed by atoms with Gasteiger partial charge in [0.25, 0.3) is 0 Å². The van der Waals surface area contributed by atoms with Crippen molar-refractivity contribution in [2.75, 3.05) is 13.7 Å². The number of esters is 1. The standard InChI is InChI=1S/C16H16O.C11H12O4.C2H6/c1-11-8-9-13(17)10-16(11)15-7-3-5-12-4-2-6-14(12)15;1-14-11(13)4-7-6-15-10-5-8(12)2-3-9(7)10;1-2/h3,5,7-10,17H,2,4,6H2,1H3;2-3,5,7,12H,4,6H2,1H3;1-2H3. The summed E-state index contributed by atoms with van der Waals surface area (Å²) in [5, 5.41) is 18.9. The van der Waals surface area contributed by atoms with Gasteiger partial charge in [0, 0.05) is 17.5 Å². The summed E-state index contributed by atoms with van der Waals surface area (Å²) in [5.74, 6) is 0.968. The normalized spacial score (nSPS) is 15.0. The van der Waals surface area contributed by atoms with Gasteiger partial charge in [-0.1, -0.05) is 44.2 Å². The molecule has 1 unspecified atom stereocenters. The van der Waals surface area contributed by atoms with E-state index in [0.29, 0.717) is 24.5 Å². The first-order valence-corrected chi connectivity index (χ1v) is 11.9. The van der Waals surface area contributed by atoms with Crippen LogP contribution in [0.5, 0.6) is 17.2 Å². The van der Waals surface area contributed by atoms with E-state index in [1.807, 2.05) is 26.0 Å². The van der Waals surface area contributed by atoms with Gasteiger partial charge in [0.15, 0.2) is 0 Å². The SMILES string of the molecule is CC.COC(=O)CC1COc2cc(O)ccc21.Cc1ccc(O)cc1-c1cccc2c1CCC2. The molecule has 1 heterocycles. The lowest BCUT2D eigenvalue weighted by molar-refractivity contribution is -0.141. The second kappa shape index (κ2) is 11.6. The number of carbonyl (C=O) groups excluding carboxylic acids is 1. The lowest BCUT2D eigenvalue weighted by Crippen LogP contribution is -2.09. The third-order valence-corrected chi connectivity index (χ3v) is 6.17. The van der Waals surface area contributed by atoms with Gasteiger partial charge in [0.1, 0.15) is 17.2 Å². The van der Waals surface area contributed by atoms with E-state index in [-0.39, 0.29) is 17.6 Å². The average Bonchev–Trinajstić information content (AvgIpc) is 3.49. The highest BCUT2D eigenvalue weighted by molar-refractivity contribution is 5.73. The van der Waals surface area contributed by atoms with Gasteiger partial charge in [-0.25, -0.2) is 0 Å². The Morgan fingerprint density at radius 3 is 2.50 bits per heavy atom. The first-order chi connectivity index (χ1) is 16.5. The van der Waals surface area contributed by atoms with Gasteiger partial charge in [0.2, 0.25) is 0 Å². The Morgan fingerprint density at radius 2 is 1.74 bits per heavy atom. The highest BCUT2D eigenvalue weighted by atomic mass is 16.5. The number of hydrogen-bond donors (Lipinski definition) is 2. The summed E-state index contributed by atoms with van der Waals surface area (Å²) in [6.45, 7) is 6.57. The lowest BCUT2D eigenvalue weighted by atomic mass is 9.94. The number of aryl methyl sites for hydroxylation is 2. The van der Waals surface area contributed by atoms with Crippen LogP contribution < -0.4 is 4.74 Å². The van der Waals surface area contributed by atoms with Crippen LogP contribution in [0.4, 0.5) is 0 Å². The van der Waals surface area contributed by atoms with Crippen molar-refractivity contribution in [2.24, 2.45) is 0 Å². The Bertz CT molecular complexity index is 1140. The fourth-order valence-electron chi connectivity index (χ4n) is 4.49. The minimum atomic E-state index is -0.246. The van der Waals surface area contributed by atoms with Gasteiger partial charge in [-0.3, -0.25) is 4.79 Å². The molecule has 0 fully saturated rings. The fraction of sp³-hybridized carbons (Fsp3) is 0.345. The Labute approximate surface area is 202 Å². The minimum Gasteiger partial charge on any atom is -0.508 e. The molecule has 0 aromatic heterocycles. The van der Waals surface area contributed by atoms with Gasteiger partial charge in [-0.2, -0.15) is 0 Å². The topological polar surface area (TPSA) is 76.0 Å². The fourth-order valence-corrected chi connectivity index (χ4v) is 4.49. The zero-order valence-corrected chi connectivity index (χ0v) is 20.4. The average molecular weight is 463 g/mol. The van der Waals surface area contributed by atoms with Crippen molar-refractivity contribution in [3.05, 3.63) is 76.9 Å². The molecule has 0 saturated heterocycles. The van der Waals surface area contributed by atoms with Crippen LogP contribution in [-0.2, 0) is 22.4 Å². The largest absolute Gasteiger partial charge is 0.508 e. The van der Waals surface area contributed by atoms with Crippen molar-refractivity contribution in [3.63, 3.8) is 0 Å². The molecule has 1 aliphatic heterocycles.